The number of hydrogen-bond donors (Lipinski definition) is 3. The number of nitrogen functional groups attached to an aromatic ring is 1. The summed E-state index contributed by atoms with van der Waals surface area (Å²) in [5.41, 5.74) is 6.51. The first-order valence-electron chi connectivity index (χ1n) is 7.75. The third kappa shape index (κ3) is 4.77. The Labute approximate surface area is 130 Å². The van der Waals surface area contributed by atoms with Gasteiger partial charge in [0.1, 0.15) is 4.88 Å². The fourth-order valence-electron chi connectivity index (χ4n) is 2.70. The summed E-state index contributed by atoms with van der Waals surface area (Å²) in [6.07, 6.45) is 10.7. The maximum Gasteiger partial charge on any atom is 0.263 e. The highest BCUT2D eigenvalue weighted by molar-refractivity contribution is 7.18. The second kappa shape index (κ2) is 8.08. The van der Waals surface area contributed by atoms with Crippen molar-refractivity contribution in [3.63, 3.8) is 0 Å². The van der Waals surface area contributed by atoms with E-state index in [9.17, 15) is 4.79 Å². The molecule has 4 nitrogen and oxygen atoms in total. The van der Waals surface area contributed by atoms with E-state index >= 15 is 0 Å². The molecule has 0 radical (unpaired) electrons. The van der Waals surface area contributed by atoms with Gasteiger partial charge in [-0.25, -0.2) is 0 Å². The largest absolute Gasteiger partial charge is 0.397 e. The first-order valence-corrected chi connectivity index (χ1v) is 8.57. The number of nitrogens with one attached hydrogen (secondary N) is 2. The van der Waals surface area contributed by atoms with Crippen LogP contribution in [-0.4, -0.2) is 18.5 Å². The summed E-state index contributed by atoms with van der Waals surface area (Å²) in [6.45, 7) is 4.05. The Morgan fingerprint density at radius 3 is 2.67 bits per heavy atom. The molecule has 0 spiro atoms. The van der Waals surface area contributed by atoms with Gasteiger partial charge in [0.25, 0.3) is 5.91 Å². The standard InChI is InChI=1S/C16H25N3OS/c1-2-10-18-16(20)15-13(17)11-14(21-15)19-12-8-6-4-3-5-7-9-12/h2,11-12,19H,1,3-10,17H2,(H,18,20). The van der Waals surface area contributed by atoms with Gasteiger partial charge in [-0.05, 0) is 18.9 Å². The summed E-state index contributed by atoms with van der Waals surface area (Å²) >= 11 is 1.44. The number of anilines is 2. The van der Waals surface area contributed by atoms with E-state index in [1.165, 1.54) is 56.3 Å². The number of carbonyl (C=O) groups excluding carboxylic acids is 1. The molecule has 1 aliphatic rings. The molecule has 2 rings (SSSR count). The number of amides is 1. The predicted octanol–water partition coefficient (Wildman–Crippen LogP) is 3.77. The van der Waals surface area contributed by atoms with E-state index in [0.717, 1.165) is 5.00 Å². The second-order valence-electron chi connectivity index (χ2n) is 5.58. The van der Waals surface area contributed by atoms with Gasteiger partial charge in [0, 0.05) is 12.6 Å². The monoisotopic (exact) mass is 307 g/mol. The molecule has 1 aromatic rings. The molecule has 0 unspecified atom stereocenters. The van der Waals surface area contributed by atoms with Gasteiger partial charge in [0.2, 0.25) is 0 Å². The maximum absolute atomic E-state index is 12.0. The number of rotatable bonds is 5. The van der Waals surface area contributed by atoms with Crippen LogP contribution >= 0.6 is 11.3 Å². The van der Waals surface area contributed by atoms with Crippen molar-refractivity contribution >= 4 is 27.9 Å². The Hall–Kier alpha value is -1.49. The Balaban J connectivity index is 1.97. The maximum atomic E-state index is 12.0. The van der Waals surface area contributed by atoms with Crippen molar-refractivity contribution in [2.24, 2.45) is 0 Å². The van der Waals surface area contributed by atoms with Crippen LogP contribution in [0.5, 0.6) is 0 Å². The number of nitrogens with two attached hydrogens (primary N) is 1. The van der Waals surface area contributed by atoms with E-state index in [1.807, 2.05) is 6.07 Å². The van der Waals surface area contributed by atoms with Gasteiger partial charge >= 0.3 is 0 Å². The minimum absolute atomic E-state index is 0.122. The topological polar surface area (TPSA) is 67.2 Å². The molecular weight excluding hydrogens is 282 g/mol. The Kier molecular flexibility index (Phi) is 6.11. The van der Waals surface area contributed by atoms with Gasteiger partial charge in [-0.15, -0.1) is 17.9 Å². The Morgan fingerprint density at radius 2 is 2.00 bits per heavy atom. The average molecular weight is 307 g/mol. The van der Waals surface area contributed by atoms with Crippen LogP contribution in [0.2, 0.25) is 0 Å². The molecule has 21 heavy (non-hydrogen) atoms. The molecule has 1 heterocycles. The molecule has 1 amide bonds. The van der Waals surface area contributed by atoms with Crippen molar-refractivity contribution < 1.29 is 4.79 Å². The van der Waals surface area contributed by atoms with Gasteiger partial charge in [-0.1, -0.05) is 38.2 Å². The SMILES string of the molecule is C=CCNC(=O)c1sc(NC2CCCCCCC2)cc1N. The summed E-state index contributed by atoms with van der Waals surface area (Å²) in [6, 6.07) is 2.39. The van der Waals surface area contributed by atoms with Crippen molar-refractivity contribution in [3.8, 4) is 0 Å². The van der Waals surface area contributed by atoms with Crippen LogP contribution in [0.1, 0.15) is 54.6 Å². The zero-order chi connectivity index (χ0) is 15.1. The van der Waals surface area contributed by atoms with Crippen LogP contribution in [0.25, 0.3) is 0 Å². The van der Waals surface area contributed by atoms with E-state index < -0.39 is 0 Å². The minimum atomic E-state index is -0.122. The molecule has 116 valence electrons. The Bertz CT molecular complexity index is 476. The fourth-order valence-corrected chi connectivity index (χ4v) is 3.67. The summed E-state index contributed by atoms with van der Waals surface area (Å²) in [7, 11) is 0. The van der Waals surface area contributed by atoms with E-state index in [4.69, 9.17) is 5.73 Å². The summed E-state index contributed by atoms with van der Waals surface area (Å²) in [4.78, 5) is 12.6. The molecule has 0 atom stereocenters. The van der Waals surface area contributed by atoms with Crippen LogP contribution < -0.4 is 16.4 Å². The van der Waals surface area contributed by atoms with E-state index in [0.29, 0.717) is 23.2 Å². The molecule has 1 aromatic heterocycles. The number of carbonyl (C=O) groups is 1. The number of hydrogen-bond acceptors (Lipinski definition) is 4. The van der Waals surface area contributed by atoms with E-state index in [-0.39, 0.29) is 5.91 Å². The van der Waals surface area contributed by atoms with Crippen LogP contribution in [0, 0.1) is 0 Å². The van der Waals surface area contributed by atoms with Gasteiger partial charge in [0.05, 0.1) is 10.7 Å². The number of thiophene rings is 1. The quantitative estimate of drug-likeness (QED) is 0.725. The van der Waals surface area contributed by atoms with Crippen LogP contribution in [0.3, 0.4) is 0 Å². The fraction of sp³-hybridized carbons (Fsp3) is 0.562. The molecule has 0 bridgehead atoms. The lowest BCUT2D eigenvalue weighted by molar-refractivity contribution is 0.0963. The lowest BCUT2D eigenvalue weighted by atomic mass is 9.97. The highest BCUT2D eigenvalue weighted by Gasteiger charge is 2.16. The van der Waals surface area contributed by atoms with Crippen LogP contribution in [0.15, 0.2) is 18.7 Å². The molecule has 0 aromatic carbocycles. The molecule has 0 saturated heterocycles. The van der Waals surface area contributed by atoms with Crippen molar-refractivity contribution in [1.29, 1.82) is 0 Å². The lowest BCUT2D eigenvalue weighted by Gasteiger charge is -2.21. The van der Waals surface area contributed by atoms with Crippen molar-refractivity contribution in [2.45, 2.75) is 51.0 Å². The van der Waals surface area contributed by atoms with Crippen LogP contribution in [-0.2, 0) is 0 Å². The molecular formula is C16H25N3OS. The van der Waals surface area contributed by atoms with Crippen molar-refractivity contribution in [2.75, 3.05) is 17.6 Å². The zero-order valence-corrected chi connectivity index (χ0v) is 13.3. The average Bonchev–Trinajstić information content (AvgIpc) is 2.80. The van der Waals surface area contributed by atoms with Crippen molar-refractivity contribution in [3.05, 3.63) is 23.6 Å². The Morgan fingerprint density at radius 1 is 1.33 bits per heavy atom. The van der Waals surface area contributed by atoms with Gasteiger partial charge < -0.3 is 16.4 Å². The smallest absolute Gasteiger partial charge is 0.263 e. The molecule has 5 heteroatoms. The lowest BCUT2D eigenvalue weighted by Crippen LogP contribution is -2.23. The molecule has 1 saturated carbocycles. The molecule has 1 fully saturated rings. The molecule has 4 N–H and O–H groups in total. The third-order valence-corrected chi connectivity index (χ3v) is 4.91. The molecule has 1 aliphatic carbocycles. The highest BCUT2D eigenvalue weighted by atomic mass is 32.1. The first-order chi connectivity index (χ1) is 10.2. The van der Waals surface area contributed by atoms with Crippen molar-refractivity contribution in [1.82, 2.24) is 5.32 Å². The summed E-state index contributed by atoms with van der Waals surface area (Å²) in [5, 5.41) is 7.33. The summed E-state index contributed by atoms with van der Waals surface area (Å²) < 4.78 is 0. The highest BCUT2D eigenvalue weighted by Crippen LogP contribution is 2.31. The van der Waals surface area contributed by atoms with E-state index in [2.05, 4.69) is 17.2 Å². The second-order valence-corrected chi connectivity index (χ2v) is 6.63. The first kappa shape index (κ1) is 15.9. The van der Waals surface area contributed by atoms with Gasteiger partial charge in [-0.2, -0.15) is 0 Å². The van der Waals surface area contributed by atoms with Gasteiger partial charge in [-0.3, -0.25) is 4.79 Å². The van der Waals surface area contributed by atoms with Crippen LogP contribution in [0.4, 0.5) is 10.7 Å². The summed E-state index contributed by atoms with van der Waals surface area (Å²) in [5.74, 6) is -0.122. The minimum Gasteiger partial charge on any atom is -0.397 e. The third-order valence-electron chi connectivity index (χ3n) is 3.83. The predicted molar refractivity (Wildman–Crippen MR) is 91.0 cm³/mol. The van der Waals surface area contributed by atoms with Gasteiger partial charge in [0.15, 0.2) is 0 Å². The molecule has 0 aliphatic heterocycles. The zero-order valence-electron chi connectivity index (χ0n) is 12.5. The van der Waals surface area contributed by atoms with E-state index in [1.54, 1.807) is 6.08 Å². The normalized spacial score (nSPS) is 16.8.